The maximum Gasteiger partial charge on any atom is 0.323 e. The number of carbonyl (C=O) groups excluding carboxylic acids is 1. The number of aromatic nitrogens is 2. The number of anilines is 1. The molecule has 7 heteroatoms. The van der Waals surface area contributed by atoms with E-state index in [9.17, 15) is 4.79 Å². The van der Waals surface area contributed by atoms with E-state index in [1.807, 2.05) is 23.1 Å². The molecule has 2 fully saturated rings. The number of rotatable bonds is 2. The molecule has 0 atom stereocenters. The minimum Gasteiger partial charge on any atom is -0.463 e. The highest BCUT2D eigenvalue weighted by Gasteiger charge is 2.41. The lowest BCUT2D eigenvalue weighted by atomic mass is 9.69. The average molecular weight is 330 g/mol. The van der Waals surface area contributed by atoms with E-state index in [0.717, 1.165) is 26.0 Å². The fourth-order valence-corrected chi connectivity index (χ4v) is 3.46. The zero-order valence-electron chi connectivity index (χ0n) is 13.8. The Bertz CT molecular complexity index is 718. The minimum atomic E-state index is -0.0965. The van der Waals surface area contributed by atoms with Crippen molar-refractivity contribution in [3.05, 3.63) is 24.5 Å². The molecular weight excluding hydrogens is 308 g/mol. The van der Waals surface area contributed by atoms with Crippen LogP contribution in [0, 0.1) is 5.41 Å². The number of aryl methyl sites for hydroxylation is 1. The molecule has 24 heavy (non-hydrogen) atoms. The average Bonchev–Trinajstić information content (AvgIpc) is 3.11. The molecule has 7 nitrogen and oxygen atoms in total. The molecule has 128 valence electrons. The van der Waals surface area contributed by atoms with Gasteiger partial charge in [-0.3, -0.25) is 10.00 Å². The third-order valence-corrected chi connectivity index (χ3v) is 5.03. The molecule has 1 aliphatic heterocycles. The van der Waals surface area contributed by atoms with Crippen LogP contribution < -0.4 is 5.32 Å². The molecule has 4 rings (SSSR count). The van der Waals surface area contributed by atoms with Gasteiger partial charge in [0.2, 0.25) is 0 Å². The van der Waals surface area contributed by atoms with Crippen molar-refractivity contribution in [1.82, 2.24) is 14.7 Å². The van der Waals surface area contributed by atoms with Gasteiger partial charge < -0.3 is 14.1 Å². The molecule has 1 saturated heterocycles. The van der Waals surface area contributed by atoms with Crippen molar-refractivity contribution in [3.63, 3.8) is 0 Å². The van der Waals surface area contributed by atoms with Crippen molar-refractivity contribution in [1.29, 1.82) is 0 Å². The molecule has 1 spiro atoms. The minimum absolute atomic E-state index is 0.0965. The van der Waals surface area contributed by atoms with Crippen molar-refractivity contribution in [2.24, 2.45) is 12.5 Å². The summed E-state index contributed by atoms with van der Waals surface area (Å²) in [6.07, 6.45) is 5.13. The Morgan fingerprint density at radius 1 is 1.42 bits per heavy atom. The standard InChI is InChI=1S/C17H22N4O3/c1-20-15(10-13(19-20)14-4-2-8-24-14)18-16(22)21-7-9-23-12-17(11-21)5-3-6-17/h2,4,8,10H,3,5-7,9,11-12H2,1H3,(H,18,22). The van der Waals surface area contributed by atoms with Crippen LogP contribution in [0.4, 0.5) is 10.6 Å². The highest BCUT2D eigenvalue weighted by atomic mass is 16.5. The zero-order chi connectivity index (χ0) is 16.6. The Morgan fingerprint density at radius 2 is 2.29 bits per heavy atom. The van der Waals surface area contributed by atoms with Crippen molar-refractivity contribution in [3.8, 4) is 11.5 Å². The maximum absolute atomic E-state index is 12.7. The zero-order valence-corrected chi connectivity index (χ0v) is 13.8. The maximum atomic E-state index is 12.7. The van der Waals surface area contributed by atoms with E-state index in [-0.39, 0.29) is 11.4 Å². The van der Waals surface area contributed by atoms with Crippen molar-refractivity contribution < 1.29 is 13.9 Å². The number of urea groups is 1. The lowest BCUT2D eigenvalue weighted by Crippen LogP contribution is -2.46. The first-order chi connectivity index (χ1) is 11.7. The molecule has 1 N–H and O–H groups in total. The summed E-state index contributed by atoms with van der Waals surface area (Å²) >= 11 is 0. The number of nitrogens with zero attached hydrogens (tertiary/aromatic N) is 3. The lowest BCUT2D eigenvalue weighted by molar-refractivity contribution is 0.0130. The van der Waals surface area contributed by atoms with Crippen LogP contribution in [0.3, 0.4) is 0 Å². The van der Waals surface area contributed by atoms with Gasteiger partial charge >= 0.3 is 6.03 Å². The number of ether oxygens (including phenoxy) is 1. The summed E-state index contributed by atoms with van der Waals surface area (Å²) in [5.41, 5.74) is 0.868. The van der Waals surface area contributed by atoms with Crippen molar-refractivity contribution in [2.45, 2.75) is 19.3 Å². The molecule has 0 radical (unpaired) electrons. The van der Waals surface area contributed by atoms with Crippen LogP contribution >= 0.6 is 0 Å². The first kappa shape index (κ1) is 15.3. The van der Waals surface area contributed by atoms with E-state index in [1.165, 1.54) is 6.42 Å². The number of hydrogen-bond acceptors (Lipinski definition) is 4. The summed E-state index contributed by atoms with van der Waals surface area (Å²) in [6.45, 7) is 2.75. The van der Waals surface area contributed by atoms with E-state index in [2.05, 4.69) is 10.4 Å². The van der Waals surface area contributed by atoms with Crippen LogP contribution in [0.15, 0.2) is 28.9 Å². The van der Waals surface area contributed by atoms with Crippen LogP contribution in [0.5, 0.6) is 0 Å². The smallest absolute Gasteiger partial charge is 0.323 e. The number of carbonyl (C=O) groups is 1. The van der Waals surface area contributed by atoms with Crippen LogP contribution in [-0.2, 0) is 11.8 Å². The van der Waals surface area contributed by atoms with Crippen molar-refractivity contribution >= 4 is 11.8 Å². The Morgan fingerprint density at radius 3 is 3.00 bits per heavy atom. The summed E-state index contributed by atoms with van der Waals surface area (Å²) in [5.74, 6) is 1.34. The molecular formula is C17H22N4O3. The van der Waals surface area contributed by atoms with Crippen LogP contribution in [0.1, 0.15) is 19.3 Å². The van der Waals surface area contributed by atoms with E-state index in [1.54, 1.807) is 18.0 Å². The fourth-order valence-electron chi connectivity index (χ4n) is 3.46. The van der Waals surface area contributed by atoms with Gasteiger partial charge in [-0.05, 0) is 25.0 Å². The van der Waals surface area contributed by atoms with Gasteiger partial charge in [-0.15, -0.1) is 0 Å². The molecule has 1 saturated carbocycles. The van der Waals surface area contributed by atoms with Gasteiger partial charge in [-0.1, -0.05) is 6.42 Å². The molecule has 2 aliphatic rings. The number of hydrogen-bond donors (Lipinski definition) is 1. The molecule has 0 unspecified atom stereocenters. The summed E-state index contributed by atoms with van der Waals surface area (Å²) < 4.78 is 12.7. The molecule has 2 amide bonds. The molecule has 3 heterocycles. The van der Waals surface area contributed by atoms with Gasteiger partial charge in [-0.25, -0.2) is 4.79 Å². The molecule has 2 aromatic rings. The van der Waals surface area contributed by atoms with Gasteiger partial charge in [-0.2, -0.15) is 5.10 Å². The van der Waals surface area contributed by atoms with Gasteiger partial charge in [0.1, 0.15) is 11.5 Å². The van der Waals surface area contributed by atoms with E-state index in [0.29, 0.717) is 30.4 Å². The lowest BCUT2D eigenvalue weighted by Gasteiger charge is -2.42. The Labute approximate surface area is 140 Å². The first-order valence-corrected chi connectivity index (χ1v) is 8.37. The van der Waals surface area contributed by atoms with Gasteiger partial charge in [0.15, 0.2) is 5.76 Å². The first-order valence-electron chi connectivity index (χ1n) is 8.37. The van der Waals surface area contributed by atoms with Crippen molar-refractivity contribution in [2.75, 3.05) is 31.6 Å². The van der Waals surface area contributed by atoms with E-state index in [4.69, 9.17) is 9.15 Å². The molecule has 0 aromatic carbocycles. The summed E-state index contributed by atoms with van der Waals surface area (Å²) in [5, 5.41) is 7.36. The normalized spacial score (nSPS) is 19.8. The quantitative estimate of drug-likeness (QED) is 0.919. The summed E-state index contributed by atoms with van der Waals surface area (Å²) in [7, 11) is 1.81. The highest BCUT2D eigenvalue weighted by Crippen LogP contribution is 2.42. The molecule has 0 bridgehead atoms. The predicted molar refractivity (Wildman–Crippen MR) is 88.6 cm³/mol. The van der Waals surface area contributed by atoms with Crippen LogP contribution in [0.2, 0.25) is 0 Å². The Hall–Kier alpha value is -2.28. The Kier molecular flexibility index (Phi) is 3.80. The SMILES string of the molecule is Cn1nc(-c2ccco2)cc1NC(=O)N1CCOCC2(CCC2)C1. The number of furan rings is 1. The van der Waals surface area contributed by atoms with Gasteiger partial charge in [0.25, 0.3) is 0 Å². The monoisotopic (exact) mass is 330 g/mol. The van der Waals surface area contributed by atoms with Crippen LogP contribution in [-0.4, -0.2) is 47.0 Å². The summed E-state index contributed by atoms with van der Waals surface area (Å²) in [6, 6.07) is 5.39. The van der Waals surface area contributed by atoms with E-state index < -0.39 is 0 Å². The van der Waals surface area contributed by atoms with Gasteiger partial charge in [0, 0.05) is 31.6 Å². The van der Waals surface area contributed by atoms with Gasteiger partial charge in [0.05, 0.1) is 19.5 Å². The topological polar surface area (TPSA) is 72.5 Å². The third kappa shape index (κ3) is 2.80. The second-order valence-corrected chi connectivity index (χ2v) is 6.77. The second kappa shape index (κ2) is 5.98. The van der Waals surface area contributed by atoms with Crippen LogP contribution in [0.25, 0.3) is 11.5 Å². The van der Waals surface area contributed by atoms with E-state index >= 15 is 0 Å². The number of nitrogens with one attached hydrogen (secondary N) is 1. The second-order valence-electron chi connectivity index (χ2n) is 6.77. The predicted octanol–water partition coefficient (Wildman–Crippen LogP) is 2.71. The Balaban J connectivity index is 1.47. The molecule has 1 aliphatic carbocycles. The summed E-state index contributed by atoms with van der Waals surface area (Å²) in [4.78, 5) is 14.6. The largest absolute Gasteiger partial charge is 0.463 e. The highest BCUT2D eigenvalue weighted by molar-refractivity contribution is 5.89. The fraction of sp³-hybridized carbons (Fsp3) is 0.529. The third-order valence-electron chi connectivity index (χ3n) is 5.03. The number of amides is 2. The molecule has 2 aromatic heterocycles.